The van der Waals surface area contributed by atoms with Crippen molar-refractivity contribution in [3.8, 4) is 23.0 Å². The van der Waals surface area contributed by atoms with Crippen LogP contribution in [0.4, 0.5) is 0 Å². The maximum absolute atomic E-state index is 9.96. The van der Waals surface area contributed by atoms with Gasteiger partial charge in [-0.05, 0) is 74.2 Å². The van der Waals surface area contributed by atoms with E-state index in [0.29, 0.717) is 23.0 Å². The summed E-state index contributed by atoms with van der Waals surface area (Å²) in [5.41, 5.74) is 3.33. The van der Waals surface area contributed by atoms with E-state index in [0.717, 1.165) is 22.3 Å². The van der Waals surface area contributed by atoms with Gasteiger partial charge in [-0.25, -0.2) is 0 Å². The predicted octanol–water partition coefficient (Wildman–Crippen LogP) is 2.37. The Morgan fingerprint density at radius 3 is 1.22 bits per heavy atom. The first-order chi connectivity index (χ1) is 12.8. The van der Waals surface area contributed by atoms with Crippen LogP contribution >= 0.6 is 0 Å². The molecule has 2 aromatic carbocycles. The molecule has 0 saturated carbocycles. The summed E-state index contributed by atoms with van der Waals surface area (Å²) in [5, 5.41) is 19.9. The van der Waals surface area contributed by atoms with Crippen LogP contribution in [-0.4, -0.2) is 38.9 Å². The number of ether oxygens (including phenoxy) is 2. The van der Waals surface area contributed by atoms with E-state index in [2.05, 4.69) is 0 Å². The van der Waals surface area contributed by atoms with Gasteiger partial charge < -0.3 is 33.4 Å². The second-order valence-corrected chi connectivity index (χ2v) is 6.02. The lowest BCUT2D eigenvalue weighted by molar-refractivity contribution is 0.224. The summed E-state index contributed by atoms with van der Waals surface area (Å²) in [6.07, 6.45) is 0. The van der Waals surface area contributed by atoms with Crippen molar-refractivity contribution >= 4 is 14.6 Å². The zero-order valence-corrected chi connectivity index (χ0v) is 16.4. The second kappa shape index (κ2) is 9.03. The molecule has 0 spiro atoms. The van der Waals surface area contributed by atoms with Gasteiger partial charge in [0.2, 0.25) is 0 Å². The molecule has 0 amide bonds. The fraction of sp³-hybridized carbons (Fsp3) is 0.333. The molecule has 144 valence electrons. The molecule has 0 aromatic heterocycles. The van der Waals surface area contributed by atoms with Crippen LogP contribution in [0.3, 0.4) is 0 Å². The molecule has 0 unspecified atom stereocenters. The average molecular weight is 374 g/mol. The molecular formula is C18H24B2O7. The Labute approximate surface area is 160 Å². The Hall–Kier alpha value is -2.35. The van der Waals surface area contributed by atoms with E-state index in [9.17, 15) is 10.0 Å². The molecule has 0 heterocycles. The van der Waals surface area contributed by atoms with Crippen molar-refractivity contribution in [1.29, 1.82) is 0 Å². The topological polar surface area (TPSA) is 86.6 Å². The molecule has 0 bridgehead atoms. The van der Waals surface area contributed by atoms with Crippen LogP contribution in [0.2, 0.25) is 0 Å². The third kappa shape index (κ3) is 4.88. The molecule has 0 saturated heterocycles. The summed E-state index contributed by atoms with van der Waals surface area (Å²) in [4.78, 5) is 0. The lowest BCUT2D eigenvalue weighted by Gasteiger charge is -2.18. The summed E-state index contributed by atoms with van der Waals surface area (Å²) in [5.74, 6) is 2.24. The summed E-state index contributed by atoms with van der Waals surface area (Å²) in [6.45, 7) is 7.41. The molecule has 0 atom stereocenters. The van der Waals surface area contributed by atoms with Crippen molar-refractivity contribution in [2.45, 2.75) is 27.7 Å². The molecular weight excluding hydrogens is 350 g/mol. The van der Waals surface area contributed by atoms with E-state index < -0.39 is 14.6 Å². The maximum atomic E-state index is 9.96. The molecule has 0 aliphatic heterocycles. The molecule has 2 aromatic rings. The molecule has 0 radical (unpaired) electrons. The van der Waals surface area contributed by atoms with Gasteiger partial charge in [0, 0.05) is 0 Å². The van der Waals surface area contributed by atoms with Gasteiger partial charge in [0.15, 0.2) is 0 Å². The van der Waals surface area contributed by atoms with Crippen LogP contribution < -0.4 is 18.8 Å². The first-order valence-electron chi connectivity index (χ1n) is 8.41. The van der Waals surface area contributed by atoms with Crippen molar-refractivity contribution in [1.82, 2.24) is 0 Å². The Balaban J connectivity index is 2.01. The lowest BCUT2D eigenvalue weighted by atomic mass is 10.0. The minimum atomic E-state index is -1.72. The fourth-order valence-corrected chi connectivity index (χ4v) is 2.61. The van der Waals surface area contributed by atoms with E-state index in [1.165, 1.54) is 0 Å². The van der Waals surface area contributed by atoms with E-state index in [4.69, 9.17) is 23.4 Å². The van der Waals surface area contributed by atoms with E-state index >= 15 is 0 Å². The number of methoxy groups -OCH3 is 2. The standard InChI is InChI=1S/C18H24B2O7/c1-11-13(3)17(9-7-15(11)23-5)25-19(21)27-20(22)26-18-10-8-16(24-6)12(2)14(18)4/h7-10,21-22H,1-6H3. The van der Waals surface area contributed by atoms with Gasteiger partial charge in [0.1, 0.15) is 23.0 Å². The largest absolute Gasteiger partial charge is 0.699 e. The molecule has 27 heavy (non-hydrogen) atoms. The average Bonchev–Trinajstić information content (AvgIpc) is 2.63. The zero-order valence-electron chi connectivity index (χ0n) is 16.4. The van der Waals surface area contributed by atoms with Crippen LogP contribution in [-0.2, 0) is 4.57 Å². The number of hydrogen-bond donors (Lipinski definition) is 2. The van der Waals surface area contributed by atoms with Crippen LogP contribution in [0.15, 0.2) is 24.3 Å². The molecule has 2 rings (SSSR count). The highest BCUT2D eigenvalue weighted by molar-refractivity contribution is 6.51. The number of benzene rings is 2. The minimum absolute atomic E-state index is 0.407. The van der Waals surface area contributed by atoms with Gasteiger partial charge in [-0.2, -0.15) is 0 Å². The Kier molecular flexibility index (Phi) is 7.01. The monoisotopic (exact) mass is 374 g/mol. The normalized spacial score (nSPS) is 10.4. The van der Waals surface area contributed by atoms with Crippen LogP contribution in [0, 0.1) is 27.7 Å². The third-order valence-corrected chi connectivity index (χ3v) is 4.50. The van der Waals surface area contributed by atoms with Gasteiger partial charge in [0.25, 0.3) is 0 Å². The number of rotatable bonds is 8. The minimum Gasteiger partial charge on any atom is -0.512 e. The van der Waals surface area contributed by atoms with Crippen molar-refractivity contribution in [2.24, 2.45) is 0 Å². The van der Waals surface area contributed by atoms with Crippen LogP contribution in [0.1, 0.15) is 22.3 Å². The summed E-state index contributed by atoms with van der Waals surface area (Å²) in [7, 11) is -0.273. The maximum Gasteiger partial charge on any atom is 0.699 e. The molecule has 2 N–H and O–H groups in total. The molecule has 0 aliphatic rings. The van der Waals surface area contributed by atoms with Crippen molar-refractivity contribution in [2.75, 3.05) is 14.2 Å². The van der Waals surface area contributed by atoms with Gasteiger partial charge >= 0.3 is 14.6 Å². The zero-order chi connectivity index (χ0) is 20.1. The predicted molar refractivity (Wildman–Crippen MR) is 103 cm³/mol. The van der Waals surface area contributed by atoms with Crippen molar-refractivity contribution < 1.29 is 33.4 Å². The summed E-state index contributed by atoms with van der Waals surface area (Å²) < 4.78 is 26.1. The first kappa shape index (κ1) is 21.0. The molecule has 0 fully saturated rings. The smallest absolute Gasteiger partial charge is 0.512 e. The Morgan fingerprint density at radius 1 is 0.593 bits per heavy atom. The molecule has 9 heteroatoms. The SMILES string of the molecule is COc1ccc(OB(O)OB(O)Oc2ccc(OC)c(C)c2C)c(C)c1C. The third-order valence-electron chi connectivity index (χ3n) is 4.50. The van der Waals surface area contributed by atoms with Crippen molar-refractivity contribution in [3.05, 3.63) is 46.5 Å². The van der Waals surface area contributed by atoms with Crippen LogP contribution in [0.25, 0.3) is 0 Å². The highest BCUT2D eigenvalue weighted by atomic mass is 16.8. The Morgan fingerprint density at radius 2 is 0.889 bits per heavy atom. The molecule has 0 aliphatic carbocycles. The second-order valence-electron chi connectivity index (χ2n) is 6.02. The quantitative estimate of drug-likeness (QED) is 0.687. The summed E-state index contributed by atoms with van der Waals surface area (Å²) in [6, 6.07) is 6.75. The highest BCUT2D eigenvalue weighted by Gasteiger charge is 2.31. The van der Waals surface area contributed by atoms with Gasteiger partial charge in [-0.15, -0.1) is 0 Å². The first-order valence-corrected chi connectivity index (χ1v) is 8.41. The Bertz CT molecular complexity index is 732. The van der Waals surface area contributed by atoms with Gasteiger partial charge in [-0.3, -0.25) is 0 Å². The lowest BCUT2D eigenvalue weighted by Crippen LogP contribution is -2.38. The van der Waals surface area contributed by atoms with Gasteiger partial charge in [-0.1, -0.05) is 0 Å². The summed E-state index contributed by atoms with van der Waals surface area (Å²) >= 11 is 0. The fourth-order valence-electron chi connectivity index (χ4n) is 2.61. The number of hydrogen-bond acceptors (Lipinski definition) is 7. The van der Waals surface area contributed by atoms with E-state index in [1.54, 1.807) is 38.5 Å². The molecule has 7 nitrogen and oxygen atoms in total. The van der Waals surface area contributed by atoms with Gasteiger partial charge in [0.05, 0.1) is 14.2 Å². The van der Waals surface area contributed by atoms with E-state index in [1.807, 2.05) is 27.7 Å². The van der Waals surface area contributed by atoms with Crippen LogP contribution in [0.5, 0.6) is 23.0 Å². The van der Waals surface area contributed by atoms with Crippen molar-refractivity contribution in [3.63, 3.8) is 0 Å². The van der Waals surface area contributed by atoms with E-state index in [-0.39, 0.29) is 0 Å². The highest BCUT2D eigenvalue weighted by Crippen LogP contribution is 2.30.